The molecular weight excluding hydrogens is 348 g/mol. The summed E-state index contributed by atoms with van der Waals surface area (Å²) >= 11 is 0. The molecule has 1 amide bonds. The van der Waals surface area contributed by atoms with Crippen LogP contribution in [0.5, 0.6) is 5.75 Å². The van der Waals surface area contributed by atoms with Crippen molar-refractivity contribution in [2.45, 2.75) is 26.8 Å². The number of benzene rings is 1. The average Bonchev–Trinajstić information content (AvgIpc) is 3.07. The fourth-order valence-corrected chi connectivity index (χ4v) is 2.69. The molecule has 0 spiro atoms. The van der Waals surface area contributed by atoms with Gasteiger partial charge in [0.15, 0.2) is 0 Å². The largest absolute Gasteiger partial charge is 0.495 e. The summed E-state index contributed by atoms with van der Waals surface area (Å²) in [5, 5.41) is 10.6. The quantitative estimate of drug-likeness (QED) is 0.718. The lowest BCUT2D eigenvalue weighted by Crippen LogP contribution is -2.24. The molecule has 0 unspecified atom stereocenters. The molecule has 1 N–H and O–H groups in total. The van der Waals surface area contributed by atoms with Crippen LogP contribution in [0.2, 0.25) is 0 Å². The molecular formula is C19H20N4O4. The van der Waals surface area contributed by atoms with Crippen molar-refractivity contribution in [3.8, 4) is 17.2 Å². The van der Waals surface area contributed by atoms with Crippen LogP contribution in [-0.2, 0) is 11.3 Å². The van der Waals surface area contributed by atoms with Crippen LogP contribution < -0.4 is 15.6 Å². The molecule has 0 bridgehead atoms. The van der Waals surface area contributed by atoms with E-state index in [4.69, 9.17) is 9.15 Å². The summed E-state index contributed by atoms with van der Waals surface area (Å²) in [6.07, 6.45) is 0.151. The summed E-state index contributed by atoms with van der Waals surface area (Å²) in [7, 11) is 1.52. The molecule has 0 saturated heterocycles. The second kappa shape index (κ2) is 7.86. The van der Waals surface area contributed by atoms with E-state index in [-0.39, 0.29) is 17.9 Å². The number of rotatable bonds is 6. The number of pyridine rings is 1. The molecule has 3 rings (SSSR count). The number of ether oxygens (including phenoxy) is 1. The first-order chi connectivity index (χ1) is 13.0. The number of aryl methyl sites for hydroxylation is 2. The van der Waals surface area contributed by atoms with E-state index in [0.717, 1.165) is 5.69 Å². The number of methoxy groups -OCH3 is 1. The van der Waals surface area contributed by atoms with Gasteiger partial charge in [-0.25, -0.2) is 0 Å². The van der Waals surface area contributed by atoms with E-state index in [1.807, 2.05) is 13.0 Å². The van der Waals surface area contributed by atoms with Gasteiger partial charge in [-0.1, -0.05) is 6.07 Å². The summed E-state index contributed by atoms with van der Waals surface area (Å²) < 4.78 is 12.3. The maximum atomic E-state index is 12.4. The Morgan fingerprint density at radius 2 is 2.04 bits per heavy atom. The second-order valence-corrected chi connectivity index (χ2v) is 6.00. The predicted molar refractivity (Wildman–Crippen MR) is 99.7 cm³/mol. The lowest BCUT2D eigenvalue weighted by Gasteiger charge is -2.12. The highest BCUT2D eigenvalue weighted by molar-refractivity contribution is 5.93. The lowest BCUT2D eigenvalue weighted by molar-refractivity contribution is -0.116. The molecule has 0 atom stereocenters. The number of aromatic nitrogens is 3. The minimum Gasteiger partial charge on any atom is -0.495 e. The normalized spacial score (nSPS) is 10.6. The van der Waals surface area contributed by atoms with E-state index in [1.54, 1.807) is 35.8 Å². The number of carbonyl (C=O) groups is 1. The molecule has 0 aliphatic carbocycles. The van der Waals surface area contributed by atoms with Gasteiger partial charge in [0.25, 0.3) is 5.56 Å². The zero-order chi connectivity index (χ0) is 19.4. The molecule has 0 fully saturated rings. The first kappa shape index (κ1) is 18.4. The number of nitrogens with one attached hydrogen (secondary N) is 1. The summed E-state index contributed by atoms with van der Waals surface area (Å²) in [6.45, 7) is 3.83. The highest BCUT2D eigenvalue weighted by Crippen LogP contribution is 2.30. The lowest BCUT2D eigenvalue weighted by atomic mass is 10.1. The molecule has 0 saturated carbocycles. The Bertz CT molecular complexity index is 1020. The molecule has 140 valence electrons. The third-order valence-corrected chi connectivity index (χ3v) is 4.08. The zero-order valence-electron chi connectivity index (χ0n) is 15.4. The van der Waals surface area contributed by atoms with Crippen LogP contribution in [0, 0.1) is 13.8 Å². The van der Waals surface area contributed by atoms with Crippen LogP contribution in [0.3, 0.4) is 0 Å². The molecule has 8 heteroatoms. The van der Waals surface area contributed by atoms with Crippen LogP contribution in [0.1, 0.15) is 18.0 Å². The van der Waals surface area contributed by atoms with Gasteiger partial charge in [-0.05, 0) is 31.2 Å². The van der Waals surface area contributed by atoms with Gasteiger partial charge in [0.1, 0.15) is 5.75 Å². The van der Waals surface area contributed by atoms with Crippen molar-refractivity contribution in [1.82, 2.24) is 14.8 Å². The van der Waals surface area contributed by atoms with E-state index >= 15 is 0 Å². The first-order valence-electron chi connectivity index (χ1n) is 8.43. The highest BCUT2D eigenvalue weighted by atomic mass is 16.5. The van der Waals surface area contributed by atoms with Crippen molar-refractivity contribution in [2.75, 3.05) is 12.4 Å². The summed E-state index contributed by atoms with van der Waals surface area (Å²) in [5.41, 5.74) is 1.84. The van der Waals surface area contributed by atoms with Crippen molar-refractivity contribution < 1.29 is 13.9 Å². The number of hydrogen-bond acceptors (Lipinski definition) is 6. The standard InChI is InChI=1S/C19H20N4O4/c1-12-5-4-6-18(25)23(12)10-9-17(24)20-15-11-14(7-8-16(15)26-3)19-22-21-13(2)27-19/h4-8,11H,9-10H2,1-3H3,(H,20,24). The Hall–Kier alpha value is -3.42. The molecule has 3 aromatic rings. The van der Waals surface area contributed by atoms with E-state index in [9.17, 15) is 9.59 Å². The number of carbonyl (C=O) groups excluding carboxylic acids is 1. The minimum atomic E-state index is -0.234. The fourth-order valence-electron chi connectivity index (χ4n) is 2.69. The van der Waals surface area contributed by atoms with Gasteiger partial charge in [0.2, 0.25) is 17.7 Å². The smallest absolute Gasteiger partial charge is 0.250 e. The van der Waals surface area contributed by atoms with Crippen LogP contribution in [0.25, 0.3) is 11.5 Å². The Morgan fingerprint density at radius 1 is 1.22 bits per heavy atom. The third-order valence-electron chi connectivity index (χ3n) is 4.08. The fraction of sp³-hybridized carbons (Fsp3) is 0.263. The van der Waals surface area contributed by atoms with Crippen LogP contribution in [-0.4, -0.2) is 27.8 Å². The van der Waals surface area contributed by atoms with Crippen molar-refractivity contribution in [3.05, 3.63) is 58.3 Å². The maximum Gasteiger partial charge on any atom is 0.250 e. The van der Waals surface area contributed by atoms with Gasteiger partial charge in [-0.15, -0.1) is 10.2 Å². The maximum absolute atomic E-state index is 12.4. The van der Waals surface area contributed by atoms with Crippen LogP contribution >= 0.6 is 0 Å². The third kappa shape index (κ3) is 4.22. The second-order valence-electron chi connectivity index (χ2n) is 6.00. The van der Waals surface area contributed by atoms with Gasteiger partial charge in [-0.3, -0.25) is 9.59 Å². The van der Waals surface area contributed by atoms with Gasteiger partial charge >= 0.3 is 0 Å². The summed E-state index contributed by atoms with van der Waals surface area (Å²) in [5.74, 6) is 1.09. The predicted octanol–water partition coefficient (Wildman–Crippen LogP) is 2.55. The SMILES string of the molecule is COc1ccc(-c2nnc(C)o2)cc1NC(=O)CCn1c(C)cccc1=O. The molecule has 0 aliphatic heterocycles. The van der Waals surface area contributed by atoms with Gasteiger partial charge < -0.3 is 19.0 Å². The molecule has 1 aromatic carbocycles. The molecule has 27 heavy (non-hydrogen) atoms. The van der Waals surface area contributed by atoms with Gasteiger partial charge in [-0.2, -0.15) is 0 Å². The van der Waals surface area contributed by atoms with Crippen molar-refractivity contribution in [2.24, 2.45) is 0 Å². The molecule has 2 heterocycles. The van der Waals surface area contributed by atoms with E-state index in [0.29, 0.717) is 35.3 Å². The molecule has 8 nitrogen and oxygen atoms in total. The van der Waals surface area contributed by atoms with E-state index in [2.05, 4.69) is 15.5 Å². The van der Waals surface area contributed by atoms with Crippen molar-refractivity contribution in [3.63, 3.8) is 0 Å². The minimum absolute atomic E-state index is 0.130. The zero-order valence-corrected chi connectivity index (χ0v) is 15.4. The Balaban J connectivity index is 1.75. The monoisotopic (exact) mass is 368 g/mol. The number of hydrogen-bond donors (Lipinski definition) is 1. The van der Waals surface area contributed by atoms with E-state index < -0.39 is 0 Å². The Kier molecular flexibility index (Phi) is 5.35. The number of nitrogens with zero attached hydrogens (tertiary/aromatic N) is 3. The highest BCUT2D eigenvalue weighted by Gasteiger charge is 2.13. The van der Waals surface area contributed by atoms with Gasteiger partial charge in [0, 0.05) is 37.2 Å². The van der Waals surface area contributed by atoms with Crippen LogP contribution in [0.15, 0.2) is 45.6 Å². The van der Waals surface area contributed by atoms with Gasteiger partial charge in [0.05, 0.1) is 12.8 Å². The molecule has 0 radical (unpaired) electrons. The number of amides is 1. The topological polar surface area (TPSA) is 99.2 Å². The van der Waals surface area contributed by atoms with Crippen molar-refractivity contribution >= 4 is 11.6 Å². The Morgan fingerprint density at radius 3 is 2.70 bits per heavy atom. The molecule has 0 aliphatic rings. The van der Waals surface area contributed by atoms with Crippen LogP contribution in [0.4, 0.5) is 5.69 Å². The molecule has 2 aromatic heterocycles. The first-order valence-corrected chi connectivity index (χ1v) is 8.43. The summed E-state index contributed by atoms with van der Waals surface area (Å²) in [4.78, 5) is 24.3. The van der Waals surface area contributed by atoms with E-state index in [1.165, 1.54) is 13.2 Å². The Labute approximate surface area is 155 Å². The number of anilines is 1. The summed E-state index contributed by atoms with van der Waals surface area (Å²) in [6, 6.07) is 10.2. The average molecular weight is 368 g/mol. The van der Waals surface area contributed by atoms with Crippen molar-refractivity contribution in [1.29, 1.82) is 0 Å².